The molecule has 0 amide bonds. The predicted octanol–water partition coefficient (Wildman–Crippen LogP) is 2.76. The van der Waals surface area contributed by atoms with Crippen LogP contribution in [0.4, 0.5) is 0 Å². The minimum atomic E-state index is -0.0807. The van der Waals surface area contributed by atoms with Gasteiger partial charge in [0.25, 0.3) is 0 Å². The average Bonchev–Trinajstić information content (AvgIpc) is 2.70. The Labute approximate surface area is 104 Å². The molecule has 0 saturated heterocycles. The van der Waals surface area contributed by atoms with Crippen molar-refractivity contribution in [3.05, 3.63) is 45.6 Å². The van der Waals surface area contributed by atoms with Crippen molar-refractivity contribution >= 4 is 11.3 Å². The van der Waals surface area contributed by atoms with Crippen molar-refractivity contribution in [1.29, 1.82) is 0 Å². The molecule has 0 unspecified atom stereocenters. The van der Waals surface area contributed by atoms with E-state index in [1.807, 2.05) is 0 Å². The summed E-state index contributed by atoms with van der Waals surface area (Å²) < 4.78 is 0. The third kappa shape index (κ3) is 2.99. The summed E-state index contributed by atoms with van der Waals surface area (Å²) in [4.78, 5) is 1.33. The summed E-state index contributed by atoms with van der Waals surface area (Å²) in [6.07, 6.45) is 0. The van der Waals surface area contributed by atoms with Gasteiger partial charge in [-0.3, -0.25) is 0 Å². The first-order valence-corrected chi connectivity index (χ1v) is 6.29. The van der Waals surface area contributed by atoms with Crippen LogP contribution in [0.1, 0.15) is 16.0 Å². The molecule has 3 nitrogen and oxygen atoms in total. The van der Waals surface area contributed by atoms with Crippen LogP contribution >= 0.6 is 11.3 Å². The summed E-state index contributed by atoms with van der Waals surface area (Å²) in [6.45, 7) is 3.59. The van der Waals surface area contributed by atoms with Crippen LogP contribution in [0, 0.1) is 6.92 Å². The molecule has 3 N–H and O–H groups in total. The van der Waals surface area contributed by atoms with E-state index >= 15 is 0 Å². The lowest BCUT2D eigenvalue weighted by molar-refractivity contribution is 0.403. The van der Waals surface area contributed by atoms with Gasteiger partial charge in [0, 0.05) is 18.0 Å². The number of aryl methyl sites for hydroxylation is 1. The van der Waals surface area contributed by atoms with Gasteiger partial charge in [-0.2, -0.15) is 0 Å². The SMILES string of the molecule is Cc1ccsc1CNCc1ccc(O)c(O)c1. The lowest BCUT2D eigenvalue weighted by Crippen LogP contribution is -2.12. The number of thiophene rings is 1. The highest BCUT2D eigenvalue weighted by Crippen LogP contribution is 2.24. The molecule has 0 aliphatic rings. The third-order valence-corrected chi connectivity index (χ3v) is 3.65. The summed E-state index contributed by atoms with van der Waals surface area (Å²) >= 11 is 1.74. The standard InChI is InChI=1S/C13H15NO2S/c1-9-4-5-17-13(9)8-14-7-10-2-3-11(15)12(16)6-10/h2-6,14-16H,7-8H2,1H3. The molecule has 1 heterocycles. The molecule has 90 valence electrons. The van der Waals surface area contributed by atoms with Crippen LogP contribution in [0.25, 0.3) is 0 Å². The van der Waals surface area contributed by atoms with Gasteiger partial charge in [-0.25, -0.2) is 0 Å². The molecule has 0 radical (unpaired) electrons. The minimum Gasteiger partial charge on any atom is -0.504 e. The zero-order valence-corrected chi connectivity index (χ0v) is 10.4. The molecule has 0 aliphatic carbocycles. The highest BCUT2D eigenvalue weighted by Gasteiger charge is 2.02. The summed E-state index contributed by atoms with van der Waals surface area (Å²) in [5.41, 5.74) is 2.26. The second kappa shape index (κ2) is 5.21. The highest BCUT2D eigenvalue weighted by atomic mass is 32.1. The largest absolute Gasteiger partial charge is 0.504 e. The van der Waals surface area contributed by atoms with E-state index in [4.69, 9.17) is 0 Å². The zero-order valence-electron chi connectivity index (χ0n) is 9.60. The van der Waals surface area contributed by atoms with E-state index in [0.717, 1.165) is 12.1 Å². The maximum absolute atomic E-state index is 9.35. The number of hydrogen-bond acceptors (Lipinski definition) is 4. The van der Waals surface area contributed by atoms with Gasteiger partial charge in [0.15, 0.2) is 11.5 Å². The van der Waals surface area contributed by atoms with Gasteiger partial charge in [-0.15, -0.1) is 11.3 Å². The molecule has 2 aromatic rings. The first kappa shape index (κ1) is 12.0. The number of phenolic OH excluding ortho intramolecular Hbond substituents is 2. The fraction of sp³-hybridized carbons (Fsp3) is 0.231. The Morgan fingerprint density at radius 3 is 2.59 bits per heavy atom. The van der Waals surface area contributed by atoms with Crippen LogP contribution in [0.5, 0.6) is 11.5 Å². The number of phenols is 2. The van der Waals surface area contributed by atoms with Crippen LogP contribution in [0.15, 0.2) is 29.6 Å². The zero-order chi connectivity index (χ0) is 12.3. The minimum absolute atomic E-state index is 0.0726. The van der Waals surface area contributed by atoms with Crippen molar-refractivity contribution in [1.82, 2.24) is 5.32 Å². The molecule has 0 aliphatic heterocycles. The Morgan fingerprint density at radius 1 is 1.12 bits per heavy atom. The fourth-order valence-electron chi connectivity index (χ4n) is 1.58. The van der Waals surface area contributed by atoms with Gasteiger partial charge in [-0.05, 0) is 41.6 Å². The van der Waals surface area contributed by atoms with Crippen molar-refractivity contribution in [2.24, 2.45) is 0 Å². The van der Waals surface area contributed by atoms with Gasteiger partial charge >= 0.3 is 0 Å². The number of rotatable bonds is 4. The van der Waals surface area contributed by atoms with Crippen molar-refractivity contribution in [2.75, 3.05) is 0 Å². The molecule has 4 heteroatoms. The predicted molar refractivity (Wildman–Crippen MR) is 69.4 cm³/mol. The number of benzene rings is 1. The lowest BCUT2D eigenvalue weighted by atomic mass is 10.2. The molecule has 1 aromatic carbocycles. The van der Waals surface area contributed by atoms with Crippen molar-refractivity contribution in [3.63, 3.8) is 0 Å². The Morgan fingerprint density at radius 2 is 1.94 bits per heavy atom. The van der Waals surface area contributed by atoms with Crippen LogP contribution in [-0.4, -0.2) is 10.2 Å². The van der Waals surface area contributed by atoms with Gasteiger partial charge in [0.05, 0.1) is 0 Å². The summed E-state index contributed by atoms with van der Waals surface area (Å²) in [5, 5.41) is 23.9. The third-order valence-electron chi connectivity index (χ3n) is 2.62. The van der Waals surface area contributed by atoms with Crippen LogP contribution < -0.4 is 5.32 Å². The number of aromatic hydroxyl groups is 2. The van der Waals surface area contributed by atoms with E-state index in [1.165, 1.54) is 16.5 Å². The maximum atomic E-state index is 9.35. The molecule has 0 atom stereocenters. The van der Waals surface area contributed by atoms with Crippen LogP contribution in [0.2, 0.25) is 0 Å². The van der Waals surface area contributed by atoms with Crippen LogP contribution in [-0.2, 0) is 13.1 Å². The van der Waals surface area contributed by atoms with Crippen molar-refractivity contribution in [3.8, 4) is 11.5 Å². The van der Waals surface area contributed by atoms with Crippen molar-refractivity contribution < 1.29 is 10.2 Å². The van der Waals surface area contributed by atoms with Gasteiger partial charge in [-0.1, -0.05) is 6.07 Å². The van der Waals surface area contributed by atoms with Crippen molar-refractivity contribution in [2.45, 2.75) is 20.0 Å². The van der Waals surface area contributed by atoms with Gasteiger partial charge in [0.1, 0.15) is 0 Å². The van der Waals surface area contributed by atoms with Gasteiger partial charge in [0.2, 0.25) is 0 Å². The van der Waals surface area contributed by atoms with E-state index < -0.39 is 0 Å². The molecule has 0 saturated carbocycles. The second-order valence-electron chi connectivity index (χ2n) is 3.95. The molecular weight excluding hydrogens is 234 g/mol. The second-order valence-corrected chi connectivity index (χ2v) is 4.95. The molecule has 0 fully saturated rings. The van der Waals surface area contributed by atoms with Crippen LogP contribution in [0.3, 0.4) is 0 Å². The Kier molecular flexibility index (Phi) is 3.66. The Bertz CT molecular complexity index is 508. The van der Waals surface area contributed by atoms with E-state index in [-0.39, 0.29) is 11.5 Å². The summed E-state index contributed by atoms with van der Waals surface area (Å²) in [5.74, 6) is -0.153. The topological polar surface area (TPSA) is 52.5 Å². The number of hydrogen-bond donors (Lipinski definition) is 3. The Hall–Kier alpha value is -1.52. The van der Waals surface area contributed by atoms with E-state index in [0.29, 0.717) is 6.54 Å². The molecule has 0 bridgehead atoms. The normalized spacial score (nSPS) is 10.6. The first-order valence-electron chi connectivity index (χ1n) is 5.41. The van der Waals surface area contributed by atoms with E-state index in [9.17, 15) is 10.2 Å². The molecular formula is C13H15NO2S. The molecule has 1 aromatic heterocycles. The molecule has 17 heavy (non-hydrogen) atoms. The summed E-state index contributed by atoms with van der Waals surface area (Å²) in [6, 6.07) is 6.98. The van der Waals surface area contributed by atoms with Gasteiger partial charge < -0.3 is 15.5 Å². The first-order chi connectivity index (χ1) is 8.16. The lowest BCUT2D eigenvalue weighted by Gasteiger charge is -2.05. The monoisotopic (exact) mass is 249 g/mol. The van der Waals surface area contributed by atoms with E-state index in [1.54, 1.807) is 23.5 Å². The Balaban J connectivity index is 1.90. The average molecular weight is 249 g/mol. The summed E-state index contributed by atoms with van der Waals surface area (Å²) in [7, 11) is 0. The quantitative estimate of drug-likeness (QED) is 0.730. The van der Waals surface area contributed by atoms with E-state index in [2.05, 4.69) is 23.7 Å². The molecule has 2 rings (SSSR count). The smallest absolute Gasteiger partial charge is 0.157 e. The fourth-order valence-corrected chi connectivity index (χ4v) is 2.46. The highest BCUT2D eigenvalue weighted by molar-refractivity contribution is 7.10. The number of nitrogens with one attached hydrogen (secondary N) is 1. The maximum Gasteiger partial charge on any atom is 0.157 e. The molecule has 0 spiro atoms.